The van der Waals surface area contributed by atoms with Gasteiger partial charge in [0.25, 0.3) is 5.91 Å². The quantitative estimate of drug-likeness (QED) is 0.384. The fourth-order valence-corrected chi connectivity index (χ4v) is 3.25. The second-order valence-corrected chi connectivity index (χ2v) is 7.41. The third-order valence-electron chi connectivity index (χ3n) is 4.13. The van der Waals surface area contributed by atoms with Crippen molar-refractivity contribution in [2.45, 2.75) is 25.9 Å². The average molecular weight is 423 g/mol. The number of carbonyl (C=O) groups excluding carboxylic acids is 3. The number of amides is 1. The summed E-state index contributed by atoms with van der Waals surface area (Å²) in [4.78, 5) is 36.7. The number of carbonyl (C=O) groups is 3. The molecule has 0 unspecified atom stereocenters. The highest BCUT2D eigenvalue weighted by molar-refractivity contribution is 7.12. The minimum Gasteiger partial charge on any atom is -0.457 e. The van der Waals surface area contributed by atoms with Crippen molar-refractivity contribution >= 4 is 34.7 Å². The highest BCUT2D eigenvalue weighted by atomic mass is 32.1. The Morgan fingerprint density at radius 2 is 1.60 bits per heavy atom. The lowest BCUT2D eigenvalue weighted by Crippen LogP contribution is -2.30. The molecule has 3 rings (SSSR count). The minimum atomic E-state index is -0.977. The van der Waals surface area contributed by atoms with Gasteiger partial charge in [0.05, 0.1) is 11.3 Å². The molecule has 0 aliphatic heterocycles. The number of ether oxygens (including phenoxy) is 2. The summed E-state index contributed by atoms with van der Waals surface area (Å²) in [7, 11) is 0. The van der Waals surface area contributed by atoms with Crippen LogP contribution >= 0.6 is 11.3 Å². The fraction of sp³-hybridized carbons (Fsp3) is 0.174. The van der Waals surface area contributed by atoms with Crippen molar-refractivity contribution < 1.29 is 23.9 Å². The first-order valence-electron chi connectivity index (χ1n) is 9.41. The monoisotopic (exact) mass is 423 g/mol. The van der Waals surface area contributed by atoms with E-state index in [1.807, 2.05) is 30.3 Å². The van der Waals surface area contributed by atoms with Crippen molar-refractivity contribution in [1.29, 1.82) is 0 Å². The van der Waals surface area contributed by atoms with Gasteiger partial charge in [0.2, 0.25) is 0 Å². The fourth-order valence-electron chi connectivity index (χ4n) is 2.56. The lowest BCUT2D eigenvalue weighted by molar-refractivity contribution is -0.153. The Morgan fingerprint density at radius 3 is 2.27 bits per heavy atom. The van der Waals surface area contributed by atoms with Gasteiger partial charge in [-0.1, -0.05) is 24.3 Å². The van der Waals surface area contributed by atoms with Crippen molar-refractivity contribution in [2.75, 3.05) is 5.32 Å². The van der Waals surface area contributed by atoms with Crippen LogP contribution in [0.4, 0.5) is 5.69 Å². The third-order valence-corrected chi connectivity index (χ3v) is 5.04. The molecule has 0 aliphatic rings. The average Bonchev–Trinajstić information content (AvgIpc) is 3.29. The SMILES string of the molecule is C[C@H](OC(=O)CCC(=O)c1cccs1)C(=O)Nc1ccc(Oc2ccccc2)cc1. The normalized spacial score (nSPS) is 11.4. The van der Waals surface area contributed by atoms with Gasteiger partial charge in [0.15, 0.2) is 11.9 Å². The molecule has 2 aromatic carbocycles. The Morgan fingerprint density at radius 1 is 0.900 bits per heavy atom. The molecule has 0 radical (unpaired) electrons. The van der Waals surface area contributed by atoms with E-state index in [4.69, 9.17) is 9.47 Å². The zero-order chi connectivity index (χ0) is 21.3. The molecule has 0 fully saturated rings. The van der Waals surface area contributed by atoms with E-state index in [2.05, 4.69) is 5.32 Å². The largest absolute Gasteiger partial charge is 0.457 e. The van der Waals surface area contributed by atoms with E-state index in [0.29, 0.717) is 22.1 Å². The van der Waals surface area contributed by atoms with Crippen molar-refractivity contribution in [1.82, 2.24) is 0 Å². The number of Topliss-reactive ketones (excluding diaryl/α,β-unsaturated/α-hetero) is 1. The predicted molar refractivity (Wildman–Crippen MR) is 115 cm³/mol. The zero-order valence-corrected chi connectivity index (χ0v) is 17.2. The van der Waals surface area contributed by atoms with Crippen LogP contribution in [0.3, 0.4) is 0 Å². The van der Waals surface area contributed by atoms with Gasteiger partial charge in [0, 0.05) is 12.1 Å². The van der Waals surface area contributed by atoms with Crippen LogP contribution in [0.2, 0.25) is 0 Å². The van der Waals surface area contributed by atoms with Crippen LogP contribution in [-0.4, -0.2) is 23.8 Å². The zero-order valence-electron chi connectivity index (χ0n) is 16.4. The number of thiophene rings is 1. The molecule has 0 saturated carbocycles. The third kappa shape index (κ3) is 6.28. The number of hydrogen-bond donors (Lipinski definition) is 1. The standard InChI is InChI=1S/C23H21NO5S/c1-16(28-22(26)14-13-20(25)21-8-5-15-30-21)23(27)24-17-9-11-19(12-10-17)29-18-6-3-2-4-7-18/h2-12,15-16H,13-14H2,1H3,(H,24,27)/t16-/m0/s1. The maximum Gasteiger partial charge on any atom is 0.307 e. The summed E-state index contributed by atoms with van der Waals surface area (Å²) in [6.07, 6.45) is -0.995. The molecule has 0 aliphatic carbocycles. The number of rotatable bonds is 9. The molecule has 1 aromatic heterocycles. The summed E-state index contributed by atoms with van der Waals surface area (Å²) in [5, 5.41) is 4.49. The van der Waals surface area contributed by atoms with Crippen molar-refractivity contribution in [3.05, 3.63) is 77.0 Å². The summed E-state index contributed by atoms with van der Waals surface area (Å²) in [6.45, 7) is 1.49. The molecule has 1 amide bonds. The van der Waals surface area contributed by atoms with Gasteiger partial charge in [-0.2, -0.15) is 0 Å². The first kappa shape index (κ1) is 21.3. The smallest absolute Gasteiger partial charge is 0.307 e. The topological polar surface area (TPSA) is 81.7 Å². The summed E-state index contributed by atoms with van der Waals surface area (Å²) in [5.41, 5.74) is 0.552. The Hall–Kier alpha value is -3.45. The first-order chi connectivity index (χ1) is 14.5. The van der Waals surface area contributed by atoms with Gasteiger partial charge in [-0.25, -0.2) is 0 Å². The predicted octanol–water partition coefficient (Wildman–Crippen LogP) is 5.07. The summed E-state index contributed by atoms with van der Waals surface area (Å²) in [6, 6.07) is 19.7. The Labute approximate surface area is 178 Å². The molecule has 3 aromatic rings. The number of hydrogen-bond acceptors (Lipinski definition) is 6. The van der Waals surface area contributed by atoms with E-state index in [9.17, 15) is 14.4 Å². The number of anilines is 1. The van der Waals surface area contributed by atoms with Crippen LogP contribution in [0.1, 0.15) is 29.4 Å². The number of benzene rings is 2. The Balaban J connectivity index is 1.44. The van der Waals surface area contributed by atoms with Gasteiger partial charge in [-0.05, 0) is 54.8 Å². The lowest BCUT2D eigenvalue weighted by atomic mass is 10.2. The van der Waals surface area contributed by atoms with E-state index in [1.54, 1.807) is 41.8 Å². The maximum atomic E-state index is 12.3. The molecule has 7 heteroatoms. The van der Waals surface area contributed by atoms with Gasteiger partial charge >= 0.3 is 5.97 Å². The highest BCUT2D eigenvalue weighted by Gasteiger charge is 2.19. The second kappa shape index (κ2) is 10.4. The van der Waals surface area contributed by atoms with Crippen molar-refractivity contribution in [3.8, 4) is 11.5 Å². The second-order valence-electron chi connectivity index (χ2n) is 6.46. The van der Waals surface area contributed by atoms with Crippen LogP contribution in [0.5, 0.6) is 11.5 Å². The van der Waals surface area contributed by atoms with Gasteiger partial charge < -0.3 is 14.8 Å². The van der Waals surface area contributed by atoms with Gasteiger partial charge in [-0.15, -0.1) is 11.3 Å². The van der Waals surface area contributed by atoms with Crippen molar-refractivity contribution in [3.63, 3.8) is 0 Å². The highest BCUT2D eigenvalue weighted by Crippen LogP contribution is 2.22. The van der Waals surface area contributed by atoms with E-state index in [-0.39, 0.29) is 18.6 Å². The minimum absolute atomic E-state index is 0.0521. The number of nitrogens with one attached hydrogen (secondary N) is 1. The molecule has 0 bridgehead atoms. The van der Waals surface area contributed by atoms with Crippen LogP contribution < -0.4 is 10.1 Å². The van der Waals surface area contributed by atoms with E-state index >= 15 is 0 Å². The summed E-state index contributed by atoms with van der Waals surface area (Å²) >= 11 is 1.33. The number of para-hydroxylation sites is 1. The summed E-state index contributed by atoms with van der Waals surface area (Å²) < 4.78 is 10.8. The number of esters is 1. The van der Waals surface area contributed by atoms with E-state index < -0.39 is 18.0 Å². The molecule has 6 nitrogen and oxygen atoms in total. The molecule has 0 spiro atoms. The molecule has 30 heavy (non-hydrogen) atoms. The molecule has 1 heterocycles. The van der Waals surface area contributed by atoms with Crippen LogP contribution in [0.25, 0.3) is 0 Å². The van der Waals surface area contributed by atoms with Crippen molar-refractivity contribution in [2.24, 2.45) is 0 Å². The molecular weight excluding hydrogens is 402 g/mol. The molecule has 1 N–H and O–H groups in total. The van der Waals surface area contributed by atoms with Crippen LogP contribution in [0, 0.1) is 0 Å². The Bertz CT molecular complexity index is 984. The molecule has 154 valence electrons. The van der Waals surface area contributed by atoms with Gasteiger partial charge in [0.1, 0.15) is 11.5 Å². The Kier molecular flexibility index (Phi) is 7.34. The van der Waals surface area contributed by atoms with E-state index in [1.165, 1.54) is 18.3 Å². The first-order valence-corrected chi connectivity index (χ1v) is 10.3. The molecule has 1 atom stereocenters. The maximum absolute atomic E-state index is 12.3. The van der Waals surface area contributed by atoms with Crippen LogP contribution in [0.15, 0.2) is 72.1 Å². The van der Waals surface area contributed by atoms with Gasteiger partial charge in [-0.3, -0.25) is 14.4 Å². The van der Waals surface area contributed by atoms with Crippen LogP contribution in [-0.2, 0) is 14.3 Å². The van der Waals surface area contributed by atoms with E-state index in [0.717, 1.165) is 0 Å². The lowest BCUT2D eigenvalue weighted by Gasteiger charge is -2.14. The molecule has 0 saturated heterocycles. The molecular formula is C23H21NO5S. The number of ketones is 1. The summed E-state index contributed by atoms with van der Waals surface area (Å²) in [5.74, 6) is 0.192.